The second-order valence-electron chi connectivity index (χ2n) is 3.97. The smallest absolute Gasteiger partial charge is 0.369 e. The summed E-state index contributed by atoms with van der Waals surface area (Å²) in [4.78, 5) is 9.68. The number of rotatable bonds is 2. The molecule has 1 unspecified atom stereocenters. The fourth-order valence-electron chi connectivity index (χ4n) is 1.69. The lowest BCUT2D eigenvalue weighted by atomic mass is 10.0. The normalized spacial score (nSPS) is 24.0. The van der Waals surface area contributed by atoms with Crippen molar-refractivity contribution in [2.75, 3.05) is 0 Å². The van der Waals surface area contributed by atoms with Gasteiger partial charge in [0.05, 0.1) is 4.92 Å². The first-order valence-electron chi connectivity index (χ1n) is 5.04. The van der Waals surface area contributed by atoms with E-state index in [2.05, 4.69) is 11.3 Å². The quantitative estimate of drug-likeness (QED) is 0.472. The highest BCUT2D eigenvalue weighted by Gasteiger charge is 2.71. The van der Waals surface area contributed by atoms with Gasteiger partial charge in [-0.25, -0.2) is 0 Å². The second-order valence-corrected chi connectivity index (χ2v) is 3.97. The third-order valence-electron chi connectivity index (χ3n) is 2.76. The van der Waals surface area contributed by atoms with Gasteiger partial charge in [0.25, 0.3) is 5.69 Å². The number of nitrogens with zero attached hydrogens (tertiary/aromatic N) is 1. The maximum Gasteiger partial charge on any atom is 0.369 e. The molecule has 0 aliphatic carbocycles. The van der Waals surface area contributed by atoms with Crippen LogP contribution in [0, 0.1) is 10.1 Å². The van der Waals surface area contributed by atoms with Gasteiger partial charge >= 0.3 is 11.8 Å². The molecule has 1 aliphatic heterocycles. The van der Waals surface area contributed by atoms with Crippen LogP contribution in [-0.4, -0.2) is 16.8 Å². The first-order chi connectivity index (χ1) is 8.68. The topological polar surface area (TPSA) is 52.4 Å². The summed E-state index contributed by atoms with van der Waals surface area (Å²) in [6.45, 7) is 2.76. The molecule has 2 rings (SSSR count). The molecule has 0 radical (unpaired) electrons. The predicted molar refractivity (Wildman–Crippen MR) is 56.0 cm³/mol. The Morgan fingerprint density at radius 1 is 1.21 bits per heavy atom. The summed E-state index contributed by atoms with van der Waals surface area (Å²) in [5.41, 5.74) is -0.621. The van der Waals surface area contributed by atoms with Crippen LogP contribution in [0.1, 0.15) is 11.7 Å². The van der Waals surface area contributed by atoms with Crippen molar-refractivity contribution < 1.29 is 27.2 Å². The minimum Gasteiger partial charge on any atom is -0.477 e. The summed E-state index contributed by atoms with van der Waals surface area (Å²) < 4.78 is 57.8. The van der Waals surface area contributed by atoms with Crippen LogP contribution in [0.3, 0.4) is 0 Å². The van der Waals surface area contributed by atoms with E-state index in [9.17, 15) is 27.7 Å². The molecule has 0 N–H and O–H groups in total. The van der Waals surface area contributed by atoms with Crippen molar-refractivity contribution in [3.63, 3.8) is 0 Å². The monoisotopic (exact) mass is 277 g/mol. The van der Waals surface area contributed by atoms with Gasteiger partial charge in [-0.2, -0.15) is 17.6 Å². The highest BCUT2D eigenvalue weighted by Crippen LogP contribution is 2.55. The molecule has 0 amide bonds. The first kappa shape index (κ1) is 13.3. The predicted octanol–water partition coefficient (Wildman–Crippen LogP) is 3.45. The molecule has 1 aliphatic rings. The average Bonchev–Trinajstić information content (AvgIpc) is 2.49. The van der Waals surface area contributed by atoms with Crippen molar-refractivity contribution >= 4 is 5.69 Å². The third-order valence-corrected chi connectivity index (χ3v) is 2.76. The Kier molecular flexibility index (Phi) is 2.76. The van der Waals surface area contributed by atoms with Gasteiger partial charge in [0.15, 0.2) is 11.9 Å². The van der Waals surface area contributed by atoms with E-state index in [-0.39, 0.29) is 11.3 Å². The fourth-order valence-corrected chi connectivity index (χ4v) is 1.69. The zero-order chi connectivity index (χ0) is 14.4. The van der Waals surface area contributed by atoms with E-state index in [0.29, 0.717) is 0 Å². The fraction of sp³-hybridized carbons (Fsp3) is 0.273. The summed E-state index contributed by atoms with van der Waals surface area (Å²) >= 11 is 0. The van der Waals surface area contributed by atoms with Crippen molar-refractivity contribution in [2.45, 2.75) is 17.9 Å². The summed E-state index contributed by atoms with van der Waals surface area (Å²) in [7, 11) is 0. The Morgan fingerprint density at radius 3 is 2.11 bits per heavy atom. The van der Waals surface area contributed by atoms with Crippen LogP contribution in [-0.2, 0) is 4.74 Å². The van der Waals surface area contributed by atoms with Crippen LogP contribution in [0.2, 0.25) is 0 Å². The molecule has 0 aromatic heterocycles. The van der Waals surface area contributed by atoms with Crippen LogP contribution < -0.4 is 0 Å². The lowest BCUT2D eigenvalue weighted by Gasteiger charge is -2.20. The number of nitro benzene ring substituents is 1. The van der Waals surface area contributed by atoms with Gasteiger partial charge in [-0.15, -0.1) is 0 Å². The number of benzene rings is 1. The zero-order valence-electron chi connectivity index (χ0n) is 9.28. The number of halogens is 4. The maximum atomic E-state index is 13.5. The van der Waals surface area contributed by atoms with Gasteiger partial charge in [-0.05, 0) is 17.7 Å². The van der Waals surface area contributed by atoms with Crippen LogP contribution in [0.25, 0.3) is 0 Å². The lowest BCUT2D eigenvalue weighted by Crippen LogP contribution is -2.39. The van der Waals surface area contributed by atoms with Crippen molar-refractivity contribution in [3.05, 3.63) is 52.3 Å². The minimum atomic E-state index is -4.47. The molecular formula is C11H7F4NO3. The van der Waals surface area contributed by atoms with E-state index in [1.807, 2.05) is 0 Å². The number of allylic oxidation sites excluding steroid dienone is 1. The highest BCUT2D eigenvalue weighted by molar-refractivity contribution is 5.36. The van der Waals surface area contributed by atoms with Crippen molar-refractivity contribution in [2.24, 2.45) is 0 Å². The van der Waals surface area contributed by atoms with Gasteiger partial charge in [0.1, 0.15) is 0 Å². The van der Waals surface area contributed by atoms with Crippen molar-refractivity contribution in [1.82, 2.24) is 0 Å². The molecule has 1 saturated heterocycles. The zero-order valence-corrected chi connectivity index (χ0v) is 9.28. The van der Waals surface area contributed by atoms with E-state index in [4.69, 9.17) is 0 Å². The van der Waals surface area contributed by atoms with Crippen LogP contribution in [0.15, 0.2) is 36.6 Å². The Morgan fingerprint density at radius 2 is 1.74 bits per heavy atom. The molecule has 0 bridgehead atoms. The molecule has 1 aromatic rings. The molecule has 1 aromatic carbocycles. The molecule has 19 heavy (non-hydrogen) atoms. The minimum absolute atomic E-state index is 0.283. The molecule has 0 spiro atoms. The summed E-state index contributed by atoms with van der Waals surface area (Å²) in [6.07, 6.45) is -2.21. The van der Waals surface area contributed by atoms with Gasteiger partial charge in [0.2, 0.25) is 0 Å². The molecular weight excluding hydrogens is 270 g/mol. The van der Waals surface area contributed by atoms with E-state index in [1.165, 1.54) is 0 Å². The standard InChI is InChI=1S/C11H7F4NO3/c1-6-10(12,13)11(14,15)9(19-6)7-2-4-8(5-3-7)16(17)18/h2-5,9H,1H2. The Balaban J connectivity index is 2.38. The molecule has 8 heteroatoms. The summed E-state index contributed by atoms with van der Waals surface area (Å²) in [5.74, 6) is -10.2. The number of ether oxygens (including phenoxy) is 1. The van der Waals surface area contributed by atoms with Crippen molar-refractivity contribution in [1.29, 1.82) is 0 Å². The SMILES string of the molecule is C=C1OC(c2ccc([N+](=O)[O-])cc2)C(F)(F)C1(F)F. The van der Waals surface area contributed by atoms with E-state index >= 15 is 0 Å². The number of nitro groups is 1. The number of hydrogen-bond acceptors (Lipinski definition) is 3. The third kappa shape index (κ3) is 1.83. The number of non-ortho nitro benzene ring substituents is 1. The van der Waals surface area contributed by atoms with E-state index in [0.717, 1.165) is 24.3 Å². The van der Waals surface area contributed by atoms with Gasteiger partial charge in [0, 0.05) is 12.1 Å². The Bertz CT molecular complexity index is 541. The van der Waals surface area contributed by atoms with E-state index in [1.54, 1.807) is 0 Å². The van der Waals surface area contributed by atoms with Crippen LogP contribution >= 0.6 is 0 Å². The Hall–Kier alpha value is -2.12. The largest absolute Gasteiger partial charge is 0.477 e. The lowest BCUT2D eigenvalue weighted by molar-refractivity contribution is -0.384. The maximum absolute atomic E-state index is 13.5. The average molecular weight is 277 g/mol. The van der Waals surface area contributed by atoms with Crippen LogP contribution in [0.4, 0.5) is 23.2 Å². The van der Waals surface area contributed by atoms with Crippen molar-refractivity contribution in [3.8, 4) is 0 Å². The van der Waals surface area contributed by atoms with Gasteiger partial charge < -0.3 is 4.74 Å². The highest BCUT2D eigenvalue weighted by atomic mass is 19.3. The first-order valence-corrected chi connectivity index (χ1v) is 5.04. The van der Waals surface area contributed by atoms with Gasteiger partial charge in [-0.1, -0.05) is 6.58 Å². The molecule has 1 atom stereocenters. The molecule has 1 fully saturated rings. The van der Waals surface area contributed by atoms with Crippen LogP contribution in [0.5, 0.6) is 0 Å². The van der Waals surface area contributed by atoms with E-state index < -0.39 is 28.6 Å². The molecule has 1 heterocycles. The Labute approximate surface area is 104 Å². The summed E-state index contributed by atoms with van der Waals surface area (Å²) in [6, 6.07) is 3.78. The number of hydrogen-bond donors (Lipinski definition) is 0. The second kappa shape index (κ2) is 3.94. The molecule has 102 valence electrons. The number of alkyl halides is 4. The molecule has 4 nitrogen and oxygen atoms in total. The van der Waals surface area contributed by atoms with Gasteiger partial charge in [-0.3, -0.25) is 10.1 Å². The molecule has 0 saturated carbocycles. The summed E-state index contributed by atoms with van der Waals surface area (Å²) in [5, 5.41) is 10.4.